The number of hydrogen-bond donors (Lipinski definition) is 1. The molecule has 0 saturated heterocycles. The fraction of sp³-hybridized carbons (Fsp3) is 0.364. The third kappa shape index (κ3) is 4.23. The fourth-order valence-electron chi connectivity index (χ4n) is 3.73. The first-order valence-electron chi connectivity index (χ1n) is 9.98. The molecule has 166 valence electrons. The Balaban J connectivity index is 1.99. The van der Waals surface area contributed by atoms with Crippen molar-refractivity contribution in [3.05, 3.63) is 58.0 Å². The van der Waals surface area contributed by atoms with E-state index in [-0.39, 0.29) is 12.1 Å². The van der Waals surface area contributed by atoms with Gasteiger partial charge in [0, 0.05) is 19.8 Å². The maximum atomic E-state index is 13.2. The van der Waals surface area contributed by atoms with Gasteiger partial charge in [0.2, 0.25) is 15.9 Å². The molecule has 1 aromatic heterocycles. The summed E-state index contributed by atoms with van der Waals surface area (Å²) >= 11 is 0. The normalized spacial score (nSPS) is 12.7. The van der Waals surface area contributed by atoms with Crippen LogP contribution in [0.4, 0.5) is 11.4 Å². The van der Waals surface area contributed by atoms with Crippen LogP contribution in [0.3, 0.4) is 0 Å². The van der Waals surface area contributed by atoms with E-state index >= 15 is 0 Å². The summed E-state index contributed by atoms with van der Waals surface area (Å²) in [5, 5.41) is 2.82. The highest BCUT2D eigenvalue weighted by molar-refractivity contribution is 7.92. The zero-order valence-electron chi connectivity index (χ0n) is 18.6. The Labute approximate surface area is 182 Å². The Kier molecular flexibility index (Phi) is 6.00. The van der Waals surface area contributed by atoms with E-state index in [1.807, 2.05) is 19.9 Å². The Morgan fingerprint density at radius 2 is 1.68 bits per heavy atom. The Bertz CT molecular complexity index is 1320. The van der Waals surface area contributed by atoms with Gasteiger partial charge in [-0.05, 0) is 61.7 Å². The summed E-state index contributed by atoms with van der Waals surface area (Å²) in [4.78, 5) is 25.3. The summed E-state index contributed by atoms with van der Waals surface area (Å²) in [7, 11) is -0.369. The standard InChI is InChI=1S/C22H28N4O4S/c1-7-18(26(31(6,29)30)17-10-8-14(2)15(3)12-17)21(27)23-16-9-11-19-20(13-16)25(5)22(28)24(19)4/h8-13,18H,7H2,1-6H3,(H,23,27). The highest BCUT2D eigenvalue weighted by atomic mass is 32.2. The van der Waals surface area contributed by atoms with E-state index in [9.17, 15) is 18.0 Å². The number of rotatable bonds is 6. The van der Waals surface area contributed by atoms with E-state index in [0.717, 1.165) is 22.9 Å². The van der Waals surface area contributed by atoms with Crippen molar-refractivity contribution in [3.63, 3.8) is 0 Å². The molecule has 9 heteroatoms. The Hall–Kier alpha value is -3.07. The minimum absolute atomic E-state index is 0.164. The lowest BCUT2D eigenvalue weighted by molar-refractivity contribution is -0.117. The molecular formula is C22H28N4O4S. The third-order valence-electron chi connectivity index (χ3n) is 5.61. The summed E-state index contributed by atoms with van der Waals surface area (Å²) in [6.07, 6.45) is 1.39. The van der Waals surface area contributed by atoms with Crippen LogP contribution >= 0.6 is 0 Å². The number of carbonyl (C=O) groups is 1. The van der Waals surface area contributed by atoms with Crippen LogP contribution in [-0.2, 0) is 28.9 Å². The number of hydrogen-bond acceptors (Lipinski definition) is 4. The number of aryl methyl sites for hydroxylation is 4. The van der Waals surface area contributed by atoms with Crippen LogP contribution in [0.25, 0.3) is 11.0 Å². The van der Waals surface area contributed by atoms with Crippen LogP contribution in [0, 0.1) is 13.8 Å². The van der Waals surface area contributed by atoms with Crippen molar-refractivity contribution < 1.29 is 13.2 Å². The van der Waals surface area contributed by atoms with E-state index in [1.54, 1.807) is 51.4 Å². The SMILES string of the molecule is CCC(C(=O)Nc1ccc2c(c1)n(C)c(=O)n2C)N(c1ccc(C)c(C)c1)S(C)(=O)=O. The smallest absolute Gasteiger partial charge is 0.324 e. The molecule has 0 bridgehead atoms. The van der Waals surface area contributed by atoms with Gasteiger partial charge in [-0.25, -0.2) is 13.2 Å². The lowest BCUT2D eigenvalue weighted by atomic mass is 10.1. The Morgan fingerprint density at radius 3 is 2.26 bits per heavy atom. The number of benzene rings is 2. The Morgan fingerprint density at radius 1 is 1.03 bits per heavy atom. The van der Waals surface area contributed by atoms with Gasteiger partial charge >= 0.3 is 5.69 Å². The number of nitrogens with zero attached hydrogens (tertiary/aromatic N) is 3. The van der Waals surface area contributed by atoms with Crippen LogP contribution in [0.15, 0.2) is 41.2 Å². The van der Waals surface area contributed by atoms with Crippen molar-refractivity contribution in [2.24, 2.45) is 14.1 Å². The van der Waals surface area contributed by atoms with E-state index in [0.29, 0.717) is 16.9 Å². The number of fused-ring (bicyclic) bond motifs is 1. The second kappa shape index (κ2) is 8.22. The molecule has 0 aliphatic rings. The molecule has 0 fully saturated rings. The molecule has 3 aromatic rings. The molecular weight excluding hydrogens is 416 g/mol. The molecule has 1 heterocycles. The first-order valence-corrected chi connectivity index (χ1v) is 11.8. The molecule has 1 N–H and O–H groups in total. The number of aromatic nitrogens is 2. The van der Waals surface area contributed by atoms with Gasteiger partial charge in [-0.1, -0.05) is 13.0 Å². The van der Waals surface area contributed by atoms with Crippen LogP contribution in [-0.4, -0.2) is 35.8 Å². The van der Waals surface area contributed by atoms with Gasteiger partial charge in [-0.15, -0.1) is 0 Å². The lowest BCUT2D eigenvalue weighted by Gasteiger charge is -2.30. The van der Waals surface area contributed by atoms with E-state index in [4.69, 9.17) is 0 Å². The van der Waals surface area contributed by atoms with E-state index in [1.165, 1.54) is 13.4 Å². The van der Waals surface area contributed by atoms with Crippen molar-refractivity contribution in [3.8, 4) is 0 Å². The molecule has 1 atom stereocenters. The summed E-state index contributed by atoms with van der Waals surface area (Å²) < 4.78 is 29.5. The fourth-order valence-corrected chi connectivity index (χ4v) is 4.94. The zero-order chi connectivity index (χ0) is 23.1. The van der Waals surface area contributed by atoms with Crippen LogP contribution in [0.1, 0.15) is 24.5 Å². The maximum absolute atomic E-state index is 13.2. The molecule has 3 rings (SSSR count). The predicted octanol–water partition coefficient (Wildman–Crippen LogP) is 2.68. The average Bonchev–Trinajstić information content (AvgIpc) is 2.91. The van der Waals surface area contributed by atoms with Crippen molar-refractivity contribution in [1.82, 2.24) is 9.13 Å². The number of imidazole rings is 1. The molecule has 2 aromatic carbocycles. The second-order valence-electron chi connectivity index (χ2n) is 7.84. The lowest BCUT2D eigenvalue weighted by Crippen LogP contribution is -2.47. The second-order valence-corrected chi connectivity index (χ2v) is 9.70. The minimum atomic E-state index is -3.72. The molecule has 0 aliphatic carbocycles. The zero-order valence-corrected chi connectivity index (χ0v) is 19.4. The van der Waals surface area contributed by atoms with Gasteiger partial charge in [0.25, 0.3) is 0 Å². The molecule has 8 nitrogen and oxygen atoms in total. The summed E-state index contributed by atoms with van der Waals surface area (Å²) in [5.74, 6) is -0.438. The summed E-state index contributed by atoms with van der Waals surface area (Å²) in [6.45, 7) is 5.62. The average molecular weight is 445 g/mol. The molecule has 31 heavy (non-hydrogen) atoms. The minimum Gasteiger partial charge on any atom is -0.324 e. The number of anilines is 2. The monoisotopic (exact) mass is 444 g/mol. The summed E-state index contributed by atoms with van der Waals surface area (Å²) in [6, 6.07) is 9.58. The highest BCUT2D eigenvalue weighted by Crippen LogP contribution is 2.26. The maximum Gasteiger partial charge on any atom is 0.328 e. The highest BCUT2D eigenvalue weighted by Gasteiger charge is 2.31. The van der Waals surface area contributed by atoms with Crippen LogP contribution in [0.5, 0.6) is 0 Å². The number of nitrogens with one attached hydrogen (secondary N) is 1. The molecule has 0 radical (unpaired) electrons. The quantitative estimate of drug-likeness (QED) is 0.633. The summed E-state index contributed by atoms with van der Waals surface area (Å²) in [5.41, 5.74) is 4.17. The van der Waals surface area contributed by atoms with Crippen molar-refractivity contribution in [1.29, 1.82) is 0 Å². The van der Waals surface area contributed by atoms with E-state index < -0.39 is 22.0 Å². The van der Waals surface area contributed by atoms with Crippen molar-refractivity contribution in [2.75, 3.05) is 15.9 Å². The van der Waals surface area contributed by atoms with Crippen molar-refractivity contribution in [2.45, 2.75) is 33.2 Å². The van der Waals surface area contributed by atoms with Gasteiger partial charge < -0.3 is 5.32 Å². The van der Waals surface area contributed by atoms with Gasteiger partial charge in [-0.3, -0.25) is 18.2 Å². The third-order valence-corrected chi connectivity index (χ3v) is 6.79. The van der Waals surface area contributed by atoms with Gasteiger partial charge in [0.05, 0.1) is 23.0 Å². The number of amides is 1. The molecule has 0 saturated carbocycles. The number of sulfonamides is 1. The van der Waals surface area contributed by atoms with Gasteiger partial charge in [0.15, 0.2) is 0 Å². The molecule has 1 unspecified atom stereocenters. The molecule has 0 aliphatic heterocycles. The number of carbonyl (C=O) groups excluding carboxylic acids is 1. The van der Waals surface area contributed by atoms with Gasteiger partial charge in [0.1, 0.15) is 6.04 Å². The predicted molar refractivity (Wildman–Crippen MR) is 124 cm³/mol. The van der Waals surface area contributed by atoms with Gasteiger partial charge in [-0.2, -0.15) is 0 Å². The molecule has 0 spiro atoms. The van der Waals surface area contributed by atoms with E-state index in [2.05, 4.69) is 5.32 Å². The van der Waals surface area contributed by atoms with Crippen LogP contribution < -0.4 is 15.3 Å². The first-order chi connectivity index (χ1) is 14.5. The van der Waals surface area contributed by atoms with Crippen molar-refractivity contribution >= 4 is 38.3 Å². The first kappa shape index (κ1) is 22.6. The largest absolute Gasteiger partial charge is 0.328 e. The van der Waals surface area contributed by atoms with Crippen LogP contribution in [0.2, 0.25) is 0 Å². The molecule has 1 amide bonds. The topological polar surface area (TPSA) is 93.4 Å².